The van der Waals surface area contributed by atoms with Gasteiger partial charge >= 0.3 is 0 Å². The highest BCUT2D eigenvalue weighted by molar-refractivity contribution is 7.89. The van der Waals surface area contributed by atoms with Crippen LogP contribution in [-0.2, 0) is 10.0 Å². The second kappa shape index (κ2) is 9.66. The van der Waals surface area contributed by atoms with Crippen LogP contribution in [0.25, 0.3) is 0 Å². The minimum Gasteiger partial charge on any atom is -0.492 e. The molecule has 1 aromatic carbocycles. The molecule has 8 heteroatoms. The van der Waals surface area contributed by atoms with Gasteiger partial charge in [-0.15, -0.1) is 0 Å². The van der Waals surface area contributed by atoms with Gasteiger partial charge in [0.05, 0.1) is 12.2 Å². The van der Waals surface area contributed by atoms with Crippen LogP contribution in [0.5, 0.6) is 5.75 Å². The van der Waals surface area contributed by atoms with Crippen LogP contribution in [0.15, 0.2) is 29.2 Å². The number of sulfonamides is 1. The van der Waals surface area contributed by atoms with E-state index in [1.165, 1.54) is 10.4 Å². The van der Waals surface area contributed by atoms with Crippen molar-refractivity contribution >= 4 is 21.6 Å². The molecular formula is C22H33N3O4S. The first-order chi connectivity index (χ1) is 14.1. The van der Waals surface area contributed by atoms with Crippen LogP contribution in [0.1, 0.15) is 62.4 Å². The normalized spacial score (nSPS) is 11.9. The van der Waals surface area contributed by atoms with Crippen LogP contribution < -0.4 is 10.1 Å². The van der Waals surface area contributed by atoms with Crippen LogP contribution in [0, 0.1) is 13.8 Å². The molecule has 0 aliphatic carbocycles. The van der Waals surface area contributed by atoms with Gasteiger partial charge < -0.3 is 14.6 Å². The van der Waals surface area contributed by atoms with Crippen LogP contribution in [0.3, 0.4) is 0 Å². The van der Waals surface area contributed by atoms with E-state index in [2.05, 4.69) is 23.7 Å². The number of carbonyl (C=O) groups is 1. The molecule has 30 heavy (non-hydrogen) atoms. The van der Waals surface area contributed by atoms with Gasteiger partial charge in [-0.3, -0.25) is 4.79 Å². The van der Waals surface area contributed by atoms with Crippen molar-refractivity contribution < 1.29 is 17.9 Å². The molecule has 7 nitrogen and oxygen atoms in total. The molecule has 0 bridgehead atoms. The summed E-state index contributed by atoms with van der Waals surface area (Å²) in [4.78, 5) is 13.0. The summed E-state index contributed by atoms with van der Waals surface area (Å²) in [5.41, 5.74) is 2.86. The Hall–Kier alpha value is -2.32. The molecule has 2 rings (SSSR count). The van der Waals surface area contributed by atoms with E-state index in [1.54, 1.807) is 32.9 Å². The fourth-order valence-electron chi connectivity index (χ4n) is 3.76. The summed E-state index contributed by atoms with van der Waals surface area (Å²) in [5.74, 6) is 0.00531. The molecule has 0 atom stereocenters. The fourth-order valence-corrected chi connectivity index (χ4v) is 5.38. The highest BCUT2D eigenvalue weighted by Gasteiger charge is 2.27. The smallest absolute Gasteiger partial charge is 0.257 e. The lowest BCUT2D eigenvalue weighted by Gasteiger charge is -2.21. The van der Waals surface area contributed by atoms with Crippen molar-refractivity contribution in [3.63, 3.8) is 0 Å². The average molecular weight is 436 g/mol. The van der Waals surface area contributed by atoms with E-state index >= 15 is 0 Å². The minimum absolute atomic E-state index is 0.0542. The number of amides is 1. The third kappa shape index (κ3) is 4.70. The van der Waals surface area contributed by atoms with Crippen molar-refractivity contribution in [2.45, 2.75) is 59.4 Å². The summed E-state index contributed by atoms with van der Waals surface area (Å²) < 4.78 is 35.2. The molecule has 166 valence electrons. The molecule has 0 aliphatic heterocycles. The number of hydrogen-bond donors (Lipinski definition) is 1. The maximum absolute atomic E-state index is 13.1. The second-order valence-electron chi connectivity index (χ2n) is 7.39. The number of nitrogens with zero attached hydrogens (tertiary/aromatic N) is 2. The quantitative estimate of drug-likeness (QED) is 0.634. The van der Waals surface area contributed by atoms with E-state index in [0.29, 0.717) is 30.9 Å². The lowest BCUT2D eigenvalue weighted by molar-refractivity contribution is 0.102. The zero-order valence-electron chi connectivity index (χ0n) is 18.9. The number of carbonyl (C=O) groups excluding carboxylic acids is 1. The molecule has 0 fully saturated rings. The van der Waals surface area contributed by atoms with Gasteiger partial charge in [0, 0.05) is 36.2 Å². The number of aryl methyl sites for hydroxylation is 1. The minimum atomic E-state index is -3.75. The van der Waals surface area contributed by atoms with Gasteiger partial charge in [-0.25, -0.2) is 8.42 Å². The van der Waals surface area contributed by atoms with Crippen molar-refractivity contribution in [3.05, 3.63) is 41.2 Å². The van der Waals surface area contributed by atoms with Crippen molar-refractivity contribution in [2.75, 3.05) is 25.0 Å². The SMILES string of the molecule is CCOc1ccc(NC(=O)c2cc(C)n(C(C)C)c2C)cc1S(=O)(=O)N(CC)CC. The first-order valence-electron chi connectivity index (χ1n) is 10.3. The predicted molar refractivity (Wildman–Crippen MR) is 120 cm³/mol. The van der Waals surface area contributed by atoms with Gasteiger partial charge in [-0.2, -0.15) is 4.31 Å². The van der Waals surface area contributed by atoms with Crippen molar-refractivity contribution in [1.82, 2.24) is 8.87 Å². The van der Waals surface area contributed by atoms with Crippen molar-refractivity contribution in [1.29, 1.82) is 0 Å². The number of ether oxygens (including phenoxy) is 1. The molecule has 0 unspecified atom stereocenters. The molecule has 0 saturated heterocycles. The summed E-state index contributed by atoms with van der Waals surface area (Å²) in [5, 5.41) is 2.84. The summed E-state index contributed by atoms with van der Waals surface area (Å²) in [6, 6.07) is 6.81. The van der Waals surface area contributed by atoms with Gasteiger partial charge in [-0.05, 0) is 58.9 Å². The monoisotopic (exact) mass is 435 g/mol. The molecule has 1 heterocycles. The molecule has 0 saturated carbocycles. The first kappa shape index (κ1) is 24.0. The second-order valence-corrected chi connectivity index (χ2v) is 9.29. The largest absolute Gasteiger partial charge is 0.492 e. The summed E-state index contributed by atoms with van der Waals surface area (Å²) >= 11 is 0. The number of nitrogens with one attached hydrogen (secondary N) is 1. The lowest BCUT2D eigenvalue weighted by atomic mass is 10.2. The van der Waals surface area contributed by atoms with Gasteiger partial charge in [-0.1, -0.05) is 13.8 Å². The van der Waals surface area contributed by atoms with Gasteiger partial charge in [0.15, 0.2) is 0 Å². The molecule has 1 aromatic heterocycles. The number of benzene rings is 1. The molecule has 2 aromatic rings. The highest BCUT2D eigenvalue weighted by atomic mass is 32.2. The van der Waals surface area contributed by atoms with E-state index in [-0.39, 0.29) is 22.6 Å². The number of hydrogen-bond acceptors (Lipinski definition) is 4. The van der Waals surface area contributed by atoms with Gasteiger partial charge in [0.25, 0.3) is 5.91 Å². The molecule has 1 N–H and O–H groups in total. The third-order valence-electron chi connectivity index (χ3n) is 5.07. The van der Waals surface area contributed by atoms with E-state index < -0.39 is 10.0 Å². The number of anilines is 1. The zero-order valence-corrected chi connectivity index (χ0v) is 19.8. The maximum Gasteiger partial charge on any atom is 0.257 e. The summed E-state index contributed by atoms with van der Waals surface area (Å²) in [6.45, 7) is 14.4. The molecular weight excluding hydrogens is 402 g/mol. The summed E-state index contributed by atoms with van der Waals surface area (Å²) in [7, 11) is -3.75. The standard InChI is InChI=1S/C22H33N3O4S/c1-8-24(9-2)30(27,28)21-14-18(11-12-20(21)29-10-3)23-22(26)19-13-16(6)25(15(4)5)17(19)7/h11-15H,8-10H2,1-7H3,(H,23,26). The topological polar surface area (TPSA) is 80.6 Å². The van der Waals surface area contributed by atoms with Gasteiger partial charge in [0.2, 0.25) is 10.0 Å². The first-order valence-corrected chi connectivity index (χ1v) is 11.8. The van der Waals surface area contributed by atoms with Crippen molar-refractivity contribution in [3.8, 4) is 5.75 Å². The van der Waals surface area contributed by atoms with Crippen molar-refractivity contribution in [2.24, 2.45) is 0 Å². The Bertz CT molecular complexity index is 1010. The zero-order chi connectivity index (χ0) is 22.6. The molecule has 0 aliphatic rings. The van der Waals surface area contributed by atoms with Crippen LogP contribution >= 0.6 is 0 Å². The van der Waals surface area contributed by atoms with E-state index in [9.17, 15) is 13.2 Å². The third-order valence-corrected chi connectivity index (χ3v) is 7.14. The average Bonchev–Trinajstić information content (AvgIpc) is 2.98. The number of aromatic nitrogens is 1. The molecule has 0 spiro atoms. The van der Waals surface area contributed by atoms with Crippen LogP contribution in [-0.4, -0.2) is 42.9 Å². The van der Waals surface area contributed by atoms with E-state index in [4.69, 9.17) is 4.74 Å². The maximum atomic E-state index is 13.1. The summed E-state index contributed by atoms with van der Waals surface area (Å²) in [6.07, 6.45) is 0. The Kier molecular flexibility index (Phi) is 7.71. The Labute approximate surface area is 180 Å². The Balaban J connectivity index is 2.45. The number of rotatable bonds is 9. The predicted octanol–water partition coefficient (Wildman–Crippen LogP) is 4.37. The van der Waals surface area contributed by atoms with Gasteiger partial charge in [0.1, 0.15) is 10.6 Å². The molecule has 0 radical (unpaired) electrons. The fraction of sp³-hybridized carbons (Fsp3) is 0.500. The highest BCUT2D eigenvalue weighted by Crippen LogP contribution is 2.30. The van der Waals surface area contributed by atoms with E-state index in [1.807, 2.05) is 19.9 Å². The van der Waals surface area contributed by atoms with Crippen LogP contribution in [0.4, 0.5) is 5.69 Å². The Morgan fingerprint density at radius 2 is 1.77 bits per heavy atom. The van der Waals surface area contributed by atoms with E-state index in [0.717, 1.165) is 11.4 Å². The van der Waals surface area contributed by atoms with Crippen LogP contribution in [0.2, 0.25) is 0 Å². The Morgan fingerprint density at radius 1 is 1.13 bits per heavy atom. The Morgan fingerprint density at radius 3 is 2.27 bits per heavy atom. The molecule has 1 amide bonds. The lowest BCUT2D eigenvalue weighted by Crippen LogP contribution is -2.31.